The summed E-state index contributed by atoms with van der Waals surface area (Å²) in [7, 11) is 0. The van der Waals surface area contributed by atoms with E-state index in [0.29, 0.717) is 4.34 Å². The van der Waals surface area contributed by atoms with Crippen LogP contribution in [0.25, 0.3) is 0 Å². The maximum absolute atomic E-state index is 13.0. The maximum atomic E-state index is 13.0. The fourth-order valence-corrected chi connectivity index (χ4v) is 5.20. The fourth-order valence-electron chi connectivity index (χ4n) is 1.89. The number of halogens is 3. The minimum Gasteiger partial charge on any atom is -0.325 e. The van der Waals surface area contributed by atoms with Gasteiger partial charge in [0, 0.05) is 5.75 Å². The number of benzene rings is 1. The van der Waals surface area contributed by atoms with Crippen LogP contribution in [0, 0.1) is 0 Å². The van der Waals surface area contributed by atoms with Crippen molar-refractivity contribution in [3.05, 3.63) is 29.8 Å². The number of aromatic nitrogens is 2. The van der Waals surface area contributed by atoms with Crippen molar-refractivity contribution in [1.29, 1.82) is 0 Å². The number of nitrogens with zero attached hydrogens (tertiary/aromatic N) is 2. The molecule has 0 aliphatic carbocycles. The van der Waals surface area contributed by atoms with E-state index in [1.807, 2.05) is 0 Å². The van der Waals surface area contributed by atoms with Crippen LogP contribution in [0.15, 0.2) is 32.9 Å². The highest BCUT2D eigenvalue weighted by atomic mass is 32.2. The molecule has 0 saturated heterocycles. The molecule has 0 radical (unpaired) electrons. The molecule has 0 aliphatic heterocycles. The number of anilines is 1. The van der Waals surface area contributed by atoms with Gasteiger partial charge in [0.1, 0.15) is 0 Å². The first-order chi connectivity index (χ1) is 12.3. The molecule has 1 heterocycles. The Hall–Kier alpha value is -1.26. The van der Waals surface area contributed by atoms with Crippen molar-refractivity contribution in [3.8, 4) is 0 Å². The normalized spacial score (nSPS) is 12.8. The van der Waals surface area contributed by atoms with Crippen molar-refractivity contribution in [1.82, 2.24) is 10.2 Å². The van der Waals surface area contributed by atoms with Crippen molar-refractivity contribution >= 4 is 46.5 Å². The Kier molecular flexibility index (Phi) is 7.78. The Morgan fingerprint density at radius 2 is 1.96 bits per heavy atom. The monoisotopic (exact) mass is 421 g/mol. The number of amides is 1. The minimum absolute atomic E-state index is 0.245. The first-order valence-electron chi connectivity index (χ1n) is 7.91. The number of hydrogen-bond acceptors (Lipinski definition) is 6. The Labute approximate surface area is 162 Å². The third-order valence-electron chi connectivity index (χ3n) is 3.25. The van der Waals surface area contributed by atoms with Crippen LogP contribution >= 0.6 is 34.9 Å². The second-order valence-electron chi connectivity index (χ2n) is 5.33. The predicted molar refractivity (Wildman–Crippen MR) is 101 cm³/mol. The molecule has 0 bridgehead atoms. The summed E-state index contributed by atoms with van der Waals surface area (Å²) >= 11 is 4.18. The van der Waals surface area contributed by atoms with E-state index >= 15 is 0 Å². The number of rotatable bonds is 8. The molecule has 0 saturated carbocycles. The van der Waals surface area contributed by atoms with Crippen molar-refractivity contribution in [2.24, 2.45) is 0 Å². The van der Waals surface area contributed by atoms with Gasteiger partial charge in [-0.05, 0) is 25.5 Å². The number of carbonyl (C=O) groups is 1. The van der Waals surface area contributed by atoms with Crippen molar-refractivity contribution in [2.45, 2.75) is 46.8 Å². The summed E-state index contributed by atoms with van der Waals surface area (Å²) in [6.45, 7) is 3.74. The van der Waals surface area contributed by atoms with Gasteiger partial charge in [0.15, 0.2) is 8.68 Å². The van der Waals surface area contributed by atoms with E-state index in [4.69, 9.17) is 0 Å². The van der Waals surface area contributed by atoms with Crippen LogP contribution in [-0.2, 0) is 11.0 Å². The smallest absolute Gasteiger partial charge is 0.325 e. The van der Waals surface area contributed by atoms with Gasteiger partial charge in [0.05, 0.1) is 16.5 Å². The number of alkyl halides is 3. The molecule has 2 rings (SSSR count). The summed E-state index contributed by atoms with van der Waals surface area (Å²) in [6, 6.07) is 4.92. The Morgan fingerprint density at radius 1 is 1.27 bits per heavy atom. The number of hydrogen-bond donors (Lipinski definition) is 1. The Balaban J connectivity index is 1.96. The van der Waals surface area contributed by atoms with E-state index in [9.17, 15) is 18.0 Å². The molecule has 1 unspecified atom stereocenters. The third kappa shape index (κ3) is 6.17. The number of para-hydroxylation sites is 1. The molecule has 1 aromatic carbocycles. The molecule has 1 N–H and O–H groups in total. The summed E-state index contributed by atoms with van der Waals surface area (Å²) in [5.74, 6) is 0.446. The molecule has 10 heteroatoms. The SMILES string of the molecule is CCCCSc1nnc(SC(C)C(=O)Nc2ccccc2C(F)(F)F)s1. The molecule has 4 nitrogen and oxygen atoms in total. The Bertz CT molecular complexity index is 737. The van der Waals surface area contributed by atoms with E-state index in [1.54, 1.807) is 18.7 Å². The van der Waals surface area contributed by atoms with Crippen molar-refractivity contribution in [2.75, 3.05) is 11.1 Å². The average molecular weight is 422 g/mol. The van der Waals surface area contributed by atoms with E-state index in [2.05, 4.69) is 22.4 Å². The lowest BCUT2D eigenvalue weighted by molar-refractivity contribution is -0.137. The first-order valence-corrected chi connectivity index (χ1v) is 10.6. The van der Waals surface area contributed by atoms with Crippen LogP contribution in [0.4, 0.5) is 18.9 Å². The van der Waals surface area contributed by atoms with E-state index < -0.39 is 22.9 Å². The number of thioether (sulfide) groups is 2. The highest BCUT2D eigenvalue weighted by Crippen LogP contribution is 2.35. The molecule has 26 heavy (non-hydrogen) atoms. The Morgan fingerprint density at radius 3 is 2.65 bits per heavy atom. The summed E-state index contributed by atoms with van der Waals surface area (Å²) in [6.07, 6.45) is -2.34. The number of unbranched alkanes of at least 4 members (excludes halogenated alkanes) is 1. The lowest BCUT2D eigenvalue weighted by Crippen LogP contribution is -2.24. The molecular formula is C16H18F3N3OS3. The van der Waals surface area contributed by atoms with Gasteiger partial charge < -0.3 is 5.32 Å². The van der Waals surface area contributed by atoms with Crippen LogP contribution in [-0.4, -0.2) is 27.1 Å². The third-order valence-corrected chi connectivity index (χ3v) is 6.58. The lowest BCUT2D eigenvalue weighted by atomic mass is 10.1. The van der Waals surface area contributed by atoms with E-state index in [-0.39, 0.29) is 5.69 Å². The zero-order valence-corrected chi connectivity index (χ0v) is 16.6. The van der Waals surface area contributed by atoms with Gasteiger partial charge in [0.2, 0.25) is 5.91 Å². The lowest BCUT2D eigenvalue weighted by Gasteiger charge is -2.15. The van der Waals surface area contributed by atoms with Crippen LogP contribution in [0.2, 0.25) is 0 Å². The van der Waals surface area contributed by atoms with Crippen LogP contribution in [0.1, 0.15) is 32.3 Å². The average Bonchev–Trinajstić information content (AvgIpc) is 3.02. The first kappa shape index (κ1) is 21.0. The molecule has 0 spiro atoms. The fraction of sp³-hybridized carbons (Fsp3) is 0.438. The van der Waals surface area contributed by atoms with Crippen LogP contribution < -0.4 is 5.32 Å². The standard InChI is InChI=1S/C16H18F3N3OS3/c1-3-4-9-24-14-21-22-15(26-14)25-10(2)13(23)20-12-8-6-5-7-11(12)16(17,18)19/h5-8,10H,3-4,9H2,1-2H3,(H,20,23). The molecule has 2 aromatic rings. The summed E-state index contributed by atoms with van der Waals surface area (Å²) in [5.41, 5.74) is -1.11. The van der Waals surface area contributed by atoms with Gasteiger partial charge in [0.25, 0.3) is 0 Å². The van der Waals surface area contributed by atoms with Gasteiger partial charge in [-0.25, -0.2) is 0 Å². The molecule has 142 valence electrons. The molecule has 1 atom stereocenters. The van der Waals surface area contributed by atoms with Crippen LogP contribution in [0.5, 0.6) is 0 Å². The van der Waals surface area contributed by atoms with Gasteiger partial charge >= 0.3 is 6.18 Å². The zero-order chi connectivity index (χ0) is 19.2. The maximum Gasteiger partial charge on any atom is 0.418 e. The number of carbonyl (C=O) groups excluding carboxylic acids is 1. The van der Waals surface area contributed by atoms with Crippen LogP contribution in [0.3, 0.4) is 0 Å². The van der Waals surface area contributed by atoms with Gasteiger partial charge in [-0.1, -0.05) is 60.3 Å². The predicted octanol–water partition coefficient (Wildman–Crippen LogP) is 5.57. The van der Waals surface area contributed by atoms with Crippen molar-refractivity contribution < 1.29 is 18.0 Å². The minimum atomic E-state index is -4.52. The highest BCUT2D eigenvalue weighted by molar-refractivity contribution is 8.03. The largest absolute Gasteiger partial charge is 0.418 e. The van der Waals surface area contributed by atoms with E-state index in [1.165, 1.54) is 41.3 Å². The second kappa shape index (κ2) is 9.61. The molecule has 0 fully saturated rings. The van der Waals surface area contributed by atoms with Gasteiger partial charge in [-0.15, -0.1) is 10.2 Å². The van der Waals surface area contributed by atoms with Gasteiger partial charge in [-0.2, -0.15) is 13.2 Å². The molecule has 1 aromatic heterocycles. The van der Waals surface area contributed by atoms with E-state index in [0.717, 1.165) is 29.0 Å². The quantitative estimate of drug-likeness (QED) is 0.446. The molecule has 0 aliphatic rings. The summed E-state index contributed by atoms with van der Waals surface area (Å²) < 4.78 is 40.5. The number of nitrogens with one attached hydrogen (secondary N) is 1. The zero-order valence-electron chi connectivity index (χ0n) is 14.2. The highest BCUT2D eigenvalue weighted by Gasteiger charge is 2.34. The molecule has 1 amide bonds. The second-order valence-corrected chi connectivity index (χ2v) is 9.24. The molecular weight excluding hydrogens is 403 g/mol. The summed E-state index contributed by atoms with van der Waals surface area (Å²) in [5, 5.41) is 9.85. The topological polar surface area (TPSA) is 54.9 Å². The van der Waals surface area contributed by atoms with Gasteiger partial charge in [-0.3, -0.25) is 4.79 Å². The van der Waals surface area contributed by atoms with Crippen molar-refractivity contribution in [3.63, 3.8) is 0 Å². The summed E-state index contributed by atoms with van der Waals surface area (Å²) in [4.78, 5) is 12.3.